The van der Waals surface area contributed by atoms with Crippen LogP contribution in [0.4, 0.5) is 5.82 Å². The second-order valence-corrected chi connectivity index (χ2v) is 6.90. The molecule has 7 heteroatoms. The quantitative estimate of drug-likeness (QED) is 0.845. The van der Waals surface area contributed by atoms with E-state index in [0.29, 0.717) is 5.91 Å². The average molecular weight is 340 g/mol. The van der Waals surface area contributed by atoms with Gasteiger partial charge in [0.1, 0.15) is 5.82 Å². The first-order valence-electron chi connectivity index (χ1n) is 9.10. The van der Waals surface area contributed by atoms with Crippen LogP contribution in [0.25, 0.3) is 0 Å². The van der Waals surface area contributed by atoms with Crippen LogP contribution in [0.2, 0.25) is 0 Å². The Kier molecular flexibility index (Phi) is 4.63. The number of rotatable bonds is 4. The van der Waals surface area contributed by atoms with Crippen LogP contribution in [0.15, 0.2) is 37.1 Å². The molecule has 2 aromatic heterocycles. The number of piperidine rings is 1. The number of hydrogen-bond acceptors (Lipinski definition) is 5. The number of aromatic nitrogens is 4. The minimum absolute atomic E-state index is 0.0500. The molecule has 0 radical (unpaired) electrons. The van der Waals surface area contributed by atoms with Gasteiger partial charge in [0, 0.05) is 44.4 Å². The molecule has 4 rings (SSSR count). The van der Waals surface area contributed by atoms with Crippen molar-refractivity contribution in [2.24, 2.45) is 5.92 Å². The summed E-state index contributed by atoms with van der Waals surface area (Å²) in [5, 5.41) is 4.29. The van der Waals surface area contributed by atoms with E-state index in [0.717, 1.165) is 57.7 Å². The van der Waals surface area contributed by atoms with E-state index in [4.69, 9.17) is 0 Å². The molecular formula is C18H24N6O. The molecule has 25 heavy (non-hydrogen) atoms. The van der Waals surface area contributed by atoms with E-state index in [-0.39, 0.29) is 12.0 Å². The Bertz CT molecular complexity index is 689. The van der Waals surface area contributed by atoms with Crippen LogP contribution in [0.5, 0.6) is 0 Å². The second-order valence-electron chi connectivity index (χ2n) is 6.90. The van der Waals surface area contributed by atoms with Crippen LogP contribution < -0.4 is 4.90 Å². The monoisotopic (exact) mass is 340 g/mol. The number of carbonyl (C=O) groups is 1. The zero-order chi connectivity index (χ0) is 17.1. The summed E-state index contributed by atoms with van der Waals surface area (Å²) < 4.78 is 1.93. The van der Waals surface area contributed by atoms with E-state index < -0.39 is 0 Å². The average Bonchev–Trinajstić information content (AvgIpc) is 3.34. The number of carbonyl (C=O) groups excluding carboxylic acids is 1. The van der Waals surface area contributed by atoms with Gasteiger partial charge in [-0.15, -0.1) is 0 Å². The minimum atomic E-state index is 0.0500. The van der Waals surface area contributed by atoms with Gasteiger partial charge in [0.2, 0.25) is 5.91 Å². The predicted molar refractivity (Wildman–Crippen MR) is 93.9 cm³/mol. The van der Waals surface area contributed by atoms with Gasteiger partial charge in [0.15, 0.2) is 0 Å². The molecule has 2 aromatic rings. The van der Waals surface area contributed by atoms with Gasteiger partial charge < -0.3 is 9.80 Å². The lowest BCUT2D eigenvalue weighted by atomic mass is 9.96. The highest BCUT2D eigenvalue weighted by atomic mass is 16.2. The number of amides is 1. The van der Waals surface area contributed by atoms with E-state index in [9.17, 15) is 4.79 Å². The number of anilines is 1. The van der Waals surface area contributed by atoms with Crippen molar-refractivity contribution < 1.29 is 4.79 Å². The third kappa shape index (κ3) is 3.50. The molecule has 2 aliphatic rings. The van der Waals surface area contributed by atoms with Gasteiger partial charge in [-0.1, -0.05) is 0 Å². The number of nitrogens with zero attached hydrogens (tertiary/aromatic N) is 6. The Morgan fingerprint density at radius 3 is 2.88 bits per heavy atom. The Balaban J connectivity index is 1.42. The van der Waals surface area contributed by atoms with Crippen molar-refractivity contribution in [3.05, 3.63) is 37.1 Å². The maximum absolute atomic E-state index is 13.1. The van der Waals surface area contributed by atoms with Gasteiger partial charge in [0.05, 0.1) is 24.7 Å². The fourth-order valence-electron chi connectivity index (χ4n) is 4.02. The first-order valence-corrected chi connectivity index (χ1v) is 9.10. The van der Waals surface area contributed by atoms with Gasteiger partial charge in [-0.2, -0.15) is 5.10 Å². The third-order valence-corrected chi connectivity index (χ3v) is 5.26. The van der Waals surface area contributed by atoms with E-state index in [1.165, 1.54) is 0 Å². The van der Waals surface area contributed by atoms with Crippen LogP contribution in [0.3, 0.4) is 0 Å². The summed E-state index contributed by atoms with van der Waals surface area (Å²) >= 11 is 0. The van der Waals surface area contributed by atoms with Crippen LogP contribution >= 0.6 is 0 Å². The number of hydrogen-bond donors (Lipinski definition) is 0. The summed E-state index contributed by atoms with van der Waals surface area (Å²) in [5.41, 5.74) is 0. The lowest BCUT2D eigenvalue weighted by Crippen LogP contribution is -2.47. The minimum Gasteiger partial charge on any atom is -0.355 e. The van der Waals surface area contributed by atoms with E-state index in [2.05, 4.69) is 24.9 Å². The van der Waals surface area contributed by atoms with E-state index in [1.807, 2.05) is 16.9 Å². The molecular weight excluding hydrogens is 316 g/mol. The van der Waals surface area contributed by atoms with Crippen LogP contribution in [0.1, 0.15) is 25.7 Å². The summed E-state index contributed by atoms with van der Waals surface area (Å²) in [6.07, 6.45) is 13.1. The fraction of sp³-hybridized carbons (Fsp3) is 0.556. The van der Waals surface area contributed by atoms with Crippen molar-refractivity contribution in [2.75, 3.05) is 24.5 Å². The highest BCUT2D eigenvalue weighted by Crippen LogP contribution is 2.27. The lowest BCUT2D eigenvalue weighted by molar-refractivity contribution is -0.136. The van der Waals surface area contributed by atoms with Crippen LogP contribution in [-0.2, 0) is 11.3 Å². The van der Waals surface area contributed by atoms with Crippen molar-refractivity contribution in [1.29, 1.82) is 0 Å². The molecule has 0 spiro atoms. The summed E-state index contributed by atoms with van der Waals surface area (Å²) in [6, 6.07) is 2.19. The molecule has 0 N–H and O–H groups in total. The predicted octanol–water partition coefficient (Wildman–Crippen LogP) is 1.58. The van der Waals surface area contributed by atoms with Crippen molar-refractivity contribution in [3.63, 3.8) is 0 Å². The van der Waals surface area contributed by atoms with Gasteiger partial charge in [0.25, 0.3) is 0 Å². The highest BCUT2D eigenvalue weighted by Gasteiger charge is 2.35. The molecule has 0 aromatic carbocycles. The molecule has 0 aliphatic carbocycles. The van der Waals surface area contributed by atoms with Crippen LogP contribution in [0, 0.1) is 5.92 Å². The normalized spacial score (nSPS) is 23.8. The summed E-state index contributed by atoms with van der Waals surface area (Å²) in [5.74, 6) is 1.21. The molecule has 2 aliphatic heterocycles. The fourth-order valence-corrected chi connectivity index (χ4v) is 4.02. The van der Waals surface area contributed by atoms with Crippen molar-refractivity contribution in [3.8, 4) is 0 Å². The van der Waals surface area contributed by atoms with Crippen molar-refractivity contribution in [2.45, 2.75) is 38.3 Å². The molecule has 2 fully saturated rings. The molecule has 2 atom stereocenters. The SMILES string of the molecule is O=C([C@H]1CCCN(c2cnccn2)C1)N1CCC[C@@H]1Cn1cccn1. The molecule has 1 amide bonds. The molecule has 2 saturated heterocycles. The summed E-state index contributed by atoms with van der Waals surface area (Å²) in [6.45, 7) is 3.34. The first-order chi connectivity index (χ1) is 12.3. The maximum Gasteiger partial charge on any atom is 0.227 e. The standard InChI is InChI=1S/C18H24N6O/c25-18(24-11-2-5-16(24)14-23-10-3-6-21-23)15-4-1-9-22(13-15)17-12-19-7-8-20-17/h3,6-8,10,12,15-16H,1-2,4-5,9,11,13-14H2/t15-,16+/m0/s1. The molecule has 0 bridgehead atoms. The van der Waals surface area contributed by atoms with Gasteiger partial charge in [-0.25, -0.2) is 4.98 Å². The lowest BCUT2D eigenvalue weighted by Gasteiger charge is -2.36. The zero-order valence-electron chi connectivity index (χ0n) is 14.4. The number of likely N-dealkylation sites (tertiary alicyclic amines) is 1. The molecule has 132 valence electrons. The third-order valence-electron chi connectivity index (χ3n) is 5.26. The summed E-state index contributed by atoms with van der Waals surface area (Å²) in [4.78, 5) is 26.0. The Morgan fingerprint density at radius 2 is 2.08 bits per heavy atom. The first kappa shape index (κ1) is 16.1. The summed E-state index contributed by atoms with van der Waals surface area (Å²) in [7, 11) is 0. The Morgan fingerprint density at radius 1 is 1.16 bits per heavy atom. The smallest absolute Gasteiger partial charge is 0.227 e. The maximum atomic E-state index is 13.1. The topological polar surface area (TPSA) is 67.2 Å². The van der Waals surface area contributed by atoms with Crippen LogP contribution in [-0.4, -0.2) is 56.2 Å². The Hall–Kier alpha value is -2.44. The van der Waals surface area contributed by atoms with Gasteiger partial charge in [-0.05, 0) is 31.7 Å². The second kappa shape index (κ2) is 7.21. The van der Waals surface area contributed by atoms with E-state index in [1.54, 1.807) is 24.8 Å². The highest BCUT2D eigenvalue weighted by molar-refractivity contribution is 5.80. The van der Waals surface area contributed by atoms with Gasteiger partial charge >= 0.3 is 0 Å². The van der Waals surface area contributed by atoms with Gasteiger partial charge in [-0.3, -0.25) is 14.5 Å². The molecule has 0 unspecified atom stereocenters. The zero-order valence-corrected chi connectivity index (χ0v) is 14.4. The Labute approximate surface area is 147 Å². The molecule has 0 saturated carbocycles. The molecule has 4 heterocycles. The largest absolute Gasteiger partial charge is 0.355 e. The van der Waals surface area contributed by atoms with Crippen molar-refractivity contribution in [1.82, 2.24) is 24.6 Å². The molecule has 7 nitrogen and oxygen atoms in total. The van der Waals surface area contributed by atoms with Crippen molar-refractivity contribution >= 4 is 11.7 Å². The van der Waals surface area contributed by atoms with E-state index >= 15 is 0 Å².